The standard InChI is InChI=1S/C29H36F5N9O5/c1-3-20-23(41-9-11-42(12-10-41)26(46)22-24(45)18(2)36-16-38-22)27(47)43(40-25(39-17-37-20)19-5-13-48-14-6-19)15-21(44)35-8-4-7-28(30,31)29(32,33)34/h5,16-17,45H,3-4,6-15H2,1-2H3,(H,35,44)(H,37,39,40). The number of hydrogen-bond donors (Lipinski definition) is 3. The fourth-order valence-electron chi connectivity index (χ4n) is 5.05. The molecule has 0 radical (unpaired) electrons. The Morgan fingerprint density at radius 3 is 2.42 bits per heavy atom. The van der Waals surface area contributed by atoms with Gasteiger partial charge in [-0.2, -0.15) is 22.0 Å². The molecule has 1 saturated heterocycles. The van der Waals surface area contributed by atoms with E-state index in [0.717, 1.165) is 4.68 Å². The number of anilines is 1. The van der Waals surface area contributed by atoms with Crippen LogP contribution in [0.5, 0.6) is 5.75 Å². The van der Waals surface area contributed by atoms with E-state index in [9.17, 15) is 41.4 Å². The molecule has 2 aliphatic heterocycles. The maximum atomic E-state index is 14.2. The summed E-state index contributed by atoms with van der Waals surface area (Å²) >= 11 is 0. The summed E-state index contributed by atoms with van der Waals surface area (Å²) in [5.74, 6) is -6.36. The lowest BCUT2D eigenvalue weighted by Gasteiger charge is -2.36. The van der Waals surface area contributed by atoms with E-state index >= 15 is 0 Å². The van der Waals surface area contributed by atoms with Crippen molar-refractivity contribution >= 4 is 23.1 Å². The van der Waals surface area contributed by atoms with Crippen LogP contribution in [-0.2, 0) is 22.5 Å². The van der Waals surface area contributed by atoms with E-state index in [-0.39, 0.29) is 67.9 Å². The number of aryl methyl sites for hydroxylation is 2. The van der Waals surface area contributed by atoms with Gasteiger partial charge in [0.05, 0.1) is 24.6 Å². The van der Waals surface area contributed by atoms with E-state index in [1.807, 2.05) is 0 Å². The summed E-state index contributed by atoms with van der Waals surface area (Å²) in [5.41, 5.74) is 0.530. The Labute approximate surface area is 271 Å². The van der Waals surface area contributed by atoms with Crippen LogP contribution >= 0.6 is 0 Å². The predicted octanol–water partition coefficient (Wildman–Crippen LogP) is 2.32. The van der Waals surface area contributed by atoms with Crippen LogP contribution in [0.2, 0.25) is 0 Å². The van der Waals surface area contributed by atoms with Crippen LogP contribution in [0.3, 0.4) is 0 Å². The van der Waals surface area contributed by atoms with Crippen LogP contribution in [0.1, 0.15) is 53.9 Å². The Hall–Kier alpha value is -4.68. The molecule has 0 atom stereocenters. The van der Waals surface area contributed by atoms with Crippen LogP contribution in [-0.4, -0.2) is 110 Å². The Morgan fingerprint density at radius 1 is 1.06 bits per heavy atom. The molecule has 0 aromatic carbocycles. The smallest absolute Gasteiger partial charge is 0.453 e. The molecular weight excluding hydrogens is 649 g/mol. The molecule has 0 unspecified atom stereocenters. The van der Waals surface area contributed by atoms with Crippen molar-refractivity contribution in [2.24, 2.45) is 0 Å². The average Bonchev–Trinajstić information content (AvgIpc) is 3.12. The molecule has 2 aromatic heterocycles. The second-order valence-electron chi connectivity index (χ2n) is 11.0. The molecule has 4 rings (SSSR count). The summed E-state index contributed by atoms with van der Waals surface area (Å²) in [6.07, 6.45) is -2.98. The van der Waals surface area contributed by atoms with Gasteiger partial charge >= 0.3 is 12.1 Å². The number of aromatic nitrogens is 6. The summed E-state index contributed by atoms with van der Waals surface area (Å²) in [7, 11) is 0. The number of hydrogen-bond acceptors (Lipinski definition) is 10. The van der Waals surface area contributed by atoms with Crippen LogP contribution < -0.4 is 15.8 Å². The third-order valence-electron chi connectivity index (χ3n) is 7.76. The summed E-state index contributed by atoms with van der Waals surface area (Å²) in [6.45, 7) is 3.44. The van der Waals surface area contributed by atoms with Gasteiger partial charge in [0.2, 0.25) is 5.91 Å². The Kier molecular flexibility index (Phi) is 11.7. The molecule has 2 amide bonds. The van der Waals surface area contributed by atoms with Crippen molar-refractivity contribution in [3.63, 3.8) is 0 Å². The molecule has 19 heteroatoms. The molecule has 0 saturated carbocycles. The third kappa shape index (κ3) is 8.61. The van der Waals surface area contributed by atoms with Crippen molar-refractivity contribution in [3.8, 4) is 5.75 Å². The minimum atomic E-state index is -5.71. The number of halogens is 5. The Bertz CT molecular complexity index is 1630. The lowest BCUT2D eigenvalue weighted by atomic mass is 10.1. The molecule has 0 aliphatic carbocycles. The number of amides is 2. The minimum Gasteiger partial charge on any atom is -0.504 e. The van der Waals surface area contributed by atoms with Gasteiger partial charge in [-0.3, -0.25) is 19.5 Å². The topological polar surface area (TPSA) is 171 Å². The van der Waals surface area contributed by atoms with Gasteiger partial charge in [0.25, 0.3) is 11.5 Å². The largest absolute Gasteiger partial charge is 0.504 e. The fourth-order valence-corrected chi connectivity index (χ4v) is 5.05. The SMILES string of the molecule is CCc1ncnc(C2=CCOCC2)[nH]n(CC(=O)NCCCC(F)(F)C(F)(F)F)c(=O)c1N1CCN(C(=O)c2ncnc(C)c2O)CC1. The number of H-pyrrole nitrogens is 1. The van der Waals surface area contributed by atoms with Crippen molar-refractivity contribution in [1.82, 2.24) is 39.9 Å². The van der Waals surface area contributed by atoms with Crippen LogP contribution in [0, 0.1) is 6.92 Å². The van der Waals surface area contributed by atoms with E-state index in [1.165, 1.54) is 24.5 Å². The van der Waals surface area contributed by atoms with Crippen molar-refractivity contribution in [1.29, 1.82) is 0 Å². The number of rotatable bonds is 10. The number of aromatic amines is 1. The summed E-state index contributed by atoms with van der Waals surface area (Å²) in [4.78, 5) is 60.0. The van der Waals surface area contributed by atoms with Gasteiger partial charge < -0.3 is 25.0 Å². The monoisotopic (exact) mass is 685 g/mol. The highest BCUT2D eigenvalue weighted by molar-refractivity contribution is 5.95. The molecule has 2 aliphatic rings. The van der Waals surface area contributed by atoms with Gasteiger partial charge in [0.15, 0.2) is 11.4 Å². The van der Waals surface area contributed by atoms with Crippen LogP contribution in [0.25, 0.3) is 5.57 Å². The number of carbonyl (C=O) groups excluding carboxylic acids is 2. The highest BCUT2D eigenvalue weighted by atomic mass is 19.4. The van der Waals surface area contributed by atoms with Gasteiger partial charge in [-0.1, -0.05) is 13.0 Å². The van der Waals surface area contributed by atoms with E-state index < -0.39 is 55.4 Å². The van der Waals surface area contributed by atoms with E-state index in [2.05, 4.69) is 30.4 Å². The lowest BCUT2D eigenvalue weighted by molar-refractivity contribution is -0.284. The Balaban J connectivity index is 1.63. The predicted molar refractivity (Wildman–Crippen MR) is 161 cm³/mol. The lowest BCUT2D eigenvalue weighted by Crippen LogP contribution is -2.51. The van der Waals surface area contributed by atoms with Crippen molar-refractivity contribution in [2.75, 3.05) is 50.8 Å². The first kappa shape index (κ1) is 36.2. The van der Waals surface area contributed by atoms with Gasteiger partial charge in [-0.15, -0.1) is 0 Å². The van der Waals surface area contributed by atoms with Crippen molar-refractivity contribution in [2.45, 2.75) is 58.2 Å². The van der Waals surface area contributed by atoms with Crippen molar-refractivity contribution < 1.29 is 41.4 Å². The third-order valence-corrected chi connectivity index (χ3v) is 7.76. The highest BCUT2D eigenvalue weighted by Crippen LogP contribution is 2.38. The second kappa shape index (κ2) is 15.5. The number of aromatic hydroxyl groups is 1. The van der Waals surface area contributed by atoms with E-state index in [0.29, 0.717) is 24.3 Å². The molecule has 2 aromatic rings. The molecule has 1 fully saturated rings. The molecule has 4 heterocycles. The number of piperazine rings is 1. The first-order valence-corrected chi connectivity index (χ1v) is 15.2. The maximum absolute atomic E-state index is 14.2. The van der Waals surface area contributed by atoms with Crippen LogP contribution in [0.4, 0.5) is 27.6 Å². The molecule has 3 N–H and O–H groups in total. The van der Waals surface area contributed by atoms with Crippen LogP contribution in [0.15, 0.2) is 23.5 Å². The molecule has 262 valence electrons. The normalized spacial score (nSPS) is 15.5. The number of alkyl halides is 5. The van der Waals surface area contributed by atoms with Crippen molar-refractivity contribution in [3.05, 3.63) is 52.0 Å². The minimum absolute atomic E-state index is 0.115. The average molecular weight is 686 g/mol. The second-order valence-corrected chi connectivity index (χ2v) is 11.0. The molecule has 0 bridgehead atoms. The zero-order valence-electron chi connectivity index (χ0n) is 26.3. The number of ether oxygens (including phenoxy) is 1. The zero-order chi connectivity index (χ0) is 35.1. The fraction of sp³-hybridized carbons (Fsp3) is 0.552. The first-order valence-electron chi connectivity index (χ1n) is 15.2. The van der Waals surface area contributed by atoms with Gasteiger partial charge in [-0.05, 0) is 31.8 Å². The quantitative estimate of drug-likeness (QED) is 0.249. The van der Waals surface area contributed by atoms with Gasteiger partial charge in [0, 0.05) is 39.1 Å². The maximum Gasteiger partial charge on any atom is 0.453 e. The number of nitrogens with zero attached hydrogens (tertiary/aromatic N) is 7. The molecule has 14 nitrogen and oxygen atoms in total. The molecule has 0 spiro atoms. The van der Waals surface area contributed by atoms with Gasteiger partial charge in [-0.25, -0.2) is 24.6 Å². The molecular formula is C29H36F5N9O5. The highest BCUT2D eigenvalue weighted by Gasteiger charge is 2.56. The Morgan fingerprint density at radius 2 is 1.77 bits per heavy atom. The summed E-state index contributed by atoms with van der Waals surface area (Å²) in [5, 5.41) is 15.5. The van der Waals surface area contributed by atoms with E-state index in [1.54, 1.807) is 17.9 Å². The first-order chi connectivity index (χ1) is 22.7. The van der Waals surface area contributed by atoms with Gasteiger partial charge in [0.1, 0.15) is 30.7 Å². The number of carbonyl (C=O) groups is 2. The summed E-state index contributed by atoms with van der Waals surface area (Å²) in [6, 6.07) is 0. The number of nitrogens with one attached hydrogen (secondary N) is 2. The summed E-state index contributed by atoms with van der Waals surface area (Å²) < 4.78 is 70.5. The van der Waals surface area contributed by atoms with E-state index in [4.69, 9.17) is 4.74 Å². The molecule has 48 heavy (non-hydrogen) atoms. The zero-order valence-corrected chi connectivity index (χ0v) is 26.3.